The summed E-state index contributed by atoms with van der Waals surface area (Å²) in [6, 6.07) is 7.34. The van der Waals surface area contributed by atoms with E-state index < -0.39 is 0 Å². The summed E-state index contributed by atoms with van der Waals surface area (Å²) in [5, 5.41) is 0. The summed E-state index contributed by atoms with van der Waals surface area (Å²) in [4.78, 5) is 19.2. The number of pyridine rings is 2. The third-order valence-electron chi connectivity index (χ3n) is 2.58. The molecule has 0 amide bonds. The molecule has 0 atom stereocenters. The van der Waals surface area contributed by atoms with Crippen molar-refractivity contribution in [3.8, 4) is 11.3 Å². The van der Waals surface area contributed by atoms with Gasteiger partial charge in [0, 0.05) is 35.9 Å². The third-order valence-corrected chi connectivity index (χ3v) is 2.58. The summed E-state index contributed by atoms with van der Waals surface area (Å²) in [6.07, 6.45) is 8.05. The van der Waals surface area contributed by atoms with Gasteiger partial charge in [-0.05, 0) is 24.3 Å². The second kappa shape index (κ2) is 3.83. The molecule has 3 heterocycles. The number of aromatic nitrogens is 3. The maximum absolute atomic E-state index is 10.7. The Labute approximate surface area is 97.6 Å². The maximum atomic E-state index is 10.7. The van der Waals surface area contributed by atoms with Gasteiger partial charge in [-0.3, -0.25) is 9.78 Å². The molecule has 4 nitrogen and oxygen atoms in total. The van der Waals surface area contributed by atoms with Crippen molar-refractivity contribution in [2.75, 3.05) is 0 Å². The zero-order valence-electron chi connectivity index (χ0n) is 8.95. The predicted octanol–water partition coefficient (Wildman–Crippen LogP) is 2.21. The van der Waals surface area contributed by atoms with Crippen LogP contribution in [0.2, 0.25) is 0 Å². The Bertz CT molecular complexity index is 673. The van der Waals surface area contributed by atoms with Crippen molar-refractivity contribution in [1.29, 1.82) is 0 Å². The van der Waals surface area contributed by atoms with E-state index in [0.717, 1.165) is 23.2 Å². The quantitative estimate of drug-likeness (QED) is 0.626. The number of hydrogen-bond donors (Lipinski definition) is 0. The van der Waals surface area contributed by atoms with Gasteiger partial charge in [0.25, 0.3) is 0 Å². The Morgan fingerprint density at radius 2 is 2.24 bits per heavy atom. The van der Waals surface area contributed by atoms with Crippen LogP contribution < -0.4 is 0 Å². The van der Waals surface area contributed by atoms with Gasteiger partial charge in [0.05, 0.1) is 5.69 Å². The van der Waals surface area contributed by atoms with Crippen LogP contribution in [0.3, 0.4) is 0 Å². The zero-order valence-corrected chi connectivity index (χ0v) is 8.95. The minimum absolute atomic E-state index is 0.626. The molecule has 17 heavy (non-hydrogen) atoms. The van der Waals surface area contributed by atoms with Gasteiger partial charge in [-0.1, -0.05) is 0 Å². The predicted molar refractivity (Wildman–Crippen MR) is 63.8 cm³/mol. The van der Waals surface area contributed by atoms with Gasteiger partial charge >= 0.3 is 0 Å². The molecule has 0 aromatic carbocycles. The normalized spacial score (nSPS) is 10.6. The van der Waals surface area contributed by atoms with Crippen molar-refractivity contribution < 1.29 is 4.79 Å². The lowest BCUT2D eigenvalue weighted by molar-refractivity contribution is 0.112. The minimum Gasteiger partial charge on any atom is -0.306 e. The number of imidazole rings is 1. The Morgan fingerprint density at radius 1 is 1.29 bits per heavy atom. The van der Waals surface area contributed by atoms with Crippen LogP contribution in [0.5, 0.6) is 0 Å². The summed E-state index contributed by atoms with van der Waals surface area (Å²) < 4.78 is 1.88. The molecule has 3 aromatic rings. The average Bonchev–Trinajstić information content (AvgIpc) is 2.82. The fraction of sp³-hybridized carbons (Fsp3) is 0. The number of fused-ring (bicyclic) bond motifs is 1. The number of nitrogens with zero attached hydrogens (tertiary/aromatic N) is 3. The van der Waals surface area contributed by atoms with Gasteiger partial charge in [0.1, 0.15) is 11.9 Å². The first-order valence-electron chi connectivity index (χ1n) is 5.21. The van der Waals surface area contributed by atoms with E-state index in [1.807, 2.05) is 28.9 Å². The van der Waals surface area contributed by atoms with E-state index >= 15 is 0 Å². The highest BCUT2D eigenvalue weighted by Crippen LogP contribution is 2.17. The number of carbonyl (C=O) groups is 1. The van der Waals surface area contributed by atoms with Crippen LogP contribution in [0.25, 0.3) is 16.9 Å². The van der Waals surface area contributed by atoms with Crippen LogP contribution in [-0.4, -0.2) is 20.7 Å². The van der Waals surface area contributed by atoms with E-state index in [1.165, 1.54) is 0 Å². The van der Waals surface area contributed by atoms with E-state index in [1.54, 1.807) is 24.5 Å². The van der Waals surface area contributed by atoms with Crippen LogP contribution in [0.4, 0.5) is 0 Å². The van der Waals surface area contributed by atoms with Crippen LogP contribution in [-0.2, 0) is 0 Å². The van der Waals surface area contributed by atoms with Gasteiger partial charge in [-0.15, -0.1) is 0 Å². The van der Waals surface area contributed by atoms with E-state index in [2.05, 4.69) is 9.97 Å². The molecule has 0 saturated heterocycles. The Balaban J connectivity index is 2.17. The van der Waals surface area contributed by atoms with E-state index in [4.69, 9.17) is 0 Å². The van der Waals surface area contributed by atoms with Crippen molar-refractivity contribution >= 4 is 11.9 Å². The summed E-state index contributed by atoms with van der Waals surface area (Å²) in [5.41, 5.74) is 3.19. The number of carbonyl (C=O) groups excluding carboxylic acids is 1. The monoisotopic (exact) mass is 223 g/mol. The van der Waals surface area contributed by atoms with Crippen LogP contribution in [0.1, 0.15) is 10.4 Å². The van der Waals surface area contributed by atoms with Crippen molar-refractivity contribution in [3.63, 3.8) is 0 Å². The standard InChI is InChI=1S/C13H9N3O/c17-9-10-3-5-16-8-12(15-13(16)6-10)11-2-1-4-14-7-11/h1-9H. The van der Waals surface area contributed by atoms with Gasteiger partial charge in [0.15, 0.2) is 0 Å². The first-order valence-corrected chi connectivity index (χ1v) is 5.21. The highest BCUT2D eigenvalue weighted by molar-refractivity contribution is 5.77. The molecule has 0 fully saturated rings. The summed E-state index contributed by atoms with van der Waals surface area (Å²) >= 11 is 0. The second-order valence-electron chi connectivity index (χ2n) is 3.71. The lowest BCUT2D eigenvalue weighted by atomic mass is 10.2. The number of hydrogen-bond acceptors (Lipinski definition) is 3. The molecule has 3 aromatic heterocycles. The molecule has 0 aliphatic rings. The second-order valence-corrected chi connectivity index (χ2v) is 3.71. The molecule has 0 aliphatic heterocycles. The van der Waals surface area contributed by atoms with Gasteiger partial charge < -0.3 is 4.40 Å². The van der Waals surface area contributed by atoms with E-state index in [0.29, 0.717) is 5.56 Å². The highest BCUT2D eigenvalue weighted by Gasteiger charge is 2.04. The zero-order chi connectivity index (χ0) is 11.7. The SMILES string of the molecule is O=Cc1ccn2cc(-c3cccnc3)nc2c1. The third kappa shape index (κ3) is 1.69. The van der Waals surface area contributed by atoms with E-state index in [9.17, 15) is 4.79 Å². The molecular weight excluding hydrogens is 214 g/mol. The molecule has 0 spiro atoms. The van der Waals surface area contributed by atoms with Crippen molar-refractivity contribution in [2.24, 2.45) is 0 Å². The van der Waals surface area contributed by atoms with Crippen LogP contribution in [0, 0.1) is 0 Å². The summed E-state index contributed by atoms with van der Waals surface area (Å²) in [7, 11) is 0. The number of rotatable bonds is 2. The Morgan fingerprint density at radius 3 is 3.00 bits per heavy atom. The van der Waals surface area contributed by atoms with Crippen molar-refractivity contribution in [2.45, 2.75) is 0 Å². The molecule has 0 radical (unpaired) electrons. The summed E-state index contributed by atoms with van der Waals surface area (Å²) in [6.45, 7) is 0. The first kappa shape index (κ1) is 9.72. The lowest BCUT2D eigenvalue weighted by Gasteiger charge is -1.91. The van der Waals surface area contributed by atoms with Crippen LogP contribution in [0.15, 0.2) is 49.1 Å². The average molecular weight is 223 g/mol. The largest absolute Gasteiger partial charge is 0.306 e. The van der Waals surface area contributed by atoms with Crippen LogP contribution >= 0.6 is 0 Å². The first-order chi connectivity index (χ1) is 8.36. The molecule has 3 rings (SSSR count). The molecule has 0 aliphatic carbocycles. The van der Waals surface area contributed by atoms with Gasteiger partial charge in [-0.25, -0.2) is 4.98 Å². The molecule has 0 saturated carbocycles. The molecule has 0 bridgehead atoms. The molecule has 0 N–H and O–H groups in total. The van der Waals surface area contributed by atoms with Crippen molar-refractivity contribution in [3.05, 3.63) is 54.6 Å². The van der Waals surface area contributed by atoms with Gasteiger partial charge in [-0.2, -0.15) is 0 Å². The fourth-order valence-corrected chi connectivity index (χ4v) is 1.72. The Hall–Kier alpha value is -2.49. The molecule has 4 heteroatoms. The van der Waals surface area contributed by atoms with Crippen molar-refractivity contribution in [1.82, 2.24) is 14.4 Å². The smallest absolute Gasteiger partial charge is 0.150 e. The molecule has 82 valence electrons. The lowest BCUT2D eigenvalue weighted by Crippen LogP contribution is -1.85. The van der Waals surface area contributed by atoms with Gasteiger partial charge in [0.2, 0.25) is 0 Å². The number of aldehydes is 1. The molecule has 0 unspecified atom stereocenters. The molecular formula is C13H9N3O. The fourth-order valence-electron chi connectivity index (χ4n) is 1.72. The van der Waals surface area contributed by atoms with E-state index in [-0.39, 0.29) is 0 Å². The topological polar surface area (TPSA) is 47.3 Å². The highest BCUT2D eigenvalue weighted by atomic mass is 16.1. The maximum Gasteiger partial charge on any atom is 0.150 e. The Kier molecular flexibility index (Phi) is 2.19. The summed E-state index contributed by atoms with van der Waals surface area (Å²) in [5.74, 6) is 0. The minimum atomic E-state index is 0.626.